The topological polar surface area (TPSA) is 62.4 Å². The largest absolute Gasteiger partial charge is 0.353 e. The molecule has 0 heterocycles. The van der Waals surface area contributed by atoms with Crippen LogP contribution in [0.25, 0.3) is 0 Å². The summed E-state index contributed by atoms with van der Waals surface area (Å²) in [5.74, 6) is 6.44. The average Bonchev–Trinajstić information content (AvgIpc) is 2.55. The van der Waals surface area contributed by atoms with Crippen molar-refractivity contribution in [3.05, 3.63) is 35.4 Å². The summed E-state index contributed by atoms with van der Waals surface area (Å²) >= 11 is 0. The zero-order valence-electron chi connectivity index (χ0n) is 12.6. The molecular weight excluding hydrogens is 260 g/mol. The number of rotatable bonds is 2. The van der Waals surface area contributed by atoms with Crippen molar-refractivity contribution in [1.29, 1.82) is 0 Å². The van der Waals surface area contributed by atoms with Gasteiger partial charge in [-0.25, -0.2) is 10.8 Å². The summed E-state index contributed by atoms with van der Waals surface area (Å²) in [4.78, 5) is 4.86. The lowest BCUT2D eigenvalue weighted by Gasteiger charge is -2.27. The smallest absolute Gasteiger partial charge is 0.206 e. The molecule has 0 amide bonds. The third kappa shape index (κ3) is 3.56. The van der Waals surface area contributed by atoms with E-state index in [2.05, 4.69) is 35.0 Å². The van der Waals surface area contributed by atoms with E-state index in [1.165, 1.54) is 56.1 Å². The lowest BCUT2D eigenvalue weighted by Crippen LogP contribution is -2.47. The van der Waals surface area contributed by atoms with E-state index in [0.29, 0.717) is 6.04 Å². The molecule has 21 heavy (non-hydrogen) atoms. The lowest BCUT2D eigenvalue weighted by atomic mass is 9.88. The maximum atomic E-state index is 5.68. The van der Waals surface area contributed by atoms with Crippen molar-refractivity contribution in [2.75, 3.05) is 0 Å². The number of aliphatic imine (C=N–C) groups is 1. The highest BCUT2D eigenvalue weighted by Crippen LogP contribution is 2.32. The highest BCUT2D eigenvalue weighted by molar-refractivity contribution is 5.79. The van der Waals surface area contributed by atoms with Crippen LogP contribution in [0.3, 0.4) is 0 Å². The molecule has 1 unspecified atom stereocenters. The molecule has 2 aliphatic rings. The Labute approximate surface area is 127 Å². The Kier molecular flexibility index (Phi) is 4.76. The van der Waals surface area contributed by atoms with Gasteiger partial charge < -0.3 is 5.32 Å². The van der Waals surface area contributed by atoms with Gasteiger partial charge in [-0.15, -0.1) is 0 Å². The van der Waals surface area contributed by atoms with Crippen molar-refractivity contribution in [1.82, 2.24) is 10.7 Å². The quantitative estimate of drug-likeness (QED) is 0.339. The normalized spacial score (nSPS) is 23.5. The van der Waals surface area contributed by atoms with Crippen molar-refractivity contribution >= 4 is 5.96 Å². The van der Waals surface area contributed by atoms with Gasteiger partial charge in [-0.2, -0.15) is 0 Å². The lowest BCUT2D eigenvalue weighted by molar-refractivity contribution is 0.409. The summed E-state index contributed by atoms with van der Waals surface area (Å²) in [5, 5.41) is 3.50. The first-order valence-electron chi connectivity index (χ1n) is 8.25. The fraction of sp³-hybridized carbons (Fsp3) is 0.588. The molecule has 3 rings (SSSR count). The molecule has 2 aliphatic carbocycles. The van der Waals surface area contributed by atoms with Crippen LogP contribution in [-0.2, 0) is 6.42 Å². The van der Waals surface area contributed by atoms with Gasteiger partial charge in [0.2, 0.25) is 5.96 Å². The molecule has 1 atom stereocenters. The molecule has 0 radical (unpaired) electrons. The van der Waals surface area contributed by atoms with E-state index >= 15 is 0 Å². The molecule has 0 aliphatic heterocycles. The predicted molar refractivity (Wildman–Crippen MR) is 86.9 cm³/mol. The Bertz CT molecular complexity index is 491. The van der Waals surface area contributed by atoms with Crippen molar-refractivity contribution in [2.24, 2.45) is 10.8 Å². The van der Waals surface area contributed by atoms with Crippen molar-refractivity contribution in [3.8, 4) is 0 Å². The minimum atomic E-state index is 0.233. The van der Waals surface area contributed by atoms with Gasteiger partial charge in [-0.3, -0.25) is 5.43 Å². The molecular formula is C17H26N4. The van der Waals surface area contributed by atoms with Crippen LogP contribution in [0.5, 0.6) is 0 Å². The minimum Gasteiger partial charge on any atom is -0.353 e. The Morgan fingerprint density at radius 1 is 1.05 bits per heavy atom. The predicted octanol–water partition coefficient (Wildman–Crippen LogP) is 2.81. The third-order valence-electron chi connectivity index (χ3n) is 4.71. The monoisotopic (exact) mass is 286 g/mol. The van der Waals surface area contributed by atoms with Crippen LogP contribution in [-0.4, -0.2) is 12.0 Å². The molecule has 1 aromatic carbocycles. The number of fused-ring (bicyclic) bond motifs is 1. The van der Waals surface area contributed by atoms with Gasteiger partial charge in [0, 0.05) is 6.04 Å². The molecule has 4 heteroatoms. The fourth-order valence-electron chi connectivity index (χ4n) is 3.57. The van der Waals surface area contributed by atoms with E-state index < -0.39 is 0 Å². The number of nitrogens with two attached hydrogens (primary N) is 1. The molecule has 1 aromatic rings. The number of benzene rings is 1. The Morgan fingerprint density at radius 2 is 1.86 bits per heavy atom. The molecule has 4 N–H and O–H groups in total. The number of nitrogens with zero attached hydrogens (tertiary/aromatic N) is 1. The zero-order valence-corrected chi connectivity index (χ0v) is 12.6. The van der Waals surface area contributed by atoms with E-state index in [1.54, 1.807) is 0 Å². The van der Waals surface area contributed by atoms with Gasteiger partial charge in [0.15, 0.2) is 0 Å². The van der Waals surface area contributed by atoms with Crippen LogP contribution in [0.1, 0.15) is 62.1 Å². The maximum absolute atomic E-state index is 5.68. The first kappa shape index (κ1) is 14.4. The van der Waals surface area contributed by atoms with Crippen molar-refractivity contribution in [3.63, 3.8) is 0 Å². The number of aryl methyl sites for hydroxylation is 1. The Hall–Kier alpha value is -1.55. The first-order chi connectivity index (χ1) is 10.4. The number of hydrogen-bond donors (Lipinski definition) is 3. The standard InChI is InChI=1S/C17H26N4/c18-21-17(19-14-9-2-1-3-10-14)20-16-12-6-8-13-7-4-5-11-15(13)16/h4-5,7,11,14,16H,1-3,6,8-10,12,18H2,(H2,19,20,21). The van der Waals surface area contributed by atoms with E-state index in [4.69, 9.17) is 10.8 Å². The van der Waals surface area contributed by atoms with Gasteiger partial charge >= 0.3 is 0 Å². The highest BCUT2D eigenvalue weighted by atomic mass is 15.3. The summed E-state index contributed by atoms with van der Waals surface area (Å²) in [5.41, 5.74) is 5.57. The van der Waals surface area contributed by atoms with Crippen LogP contribution in [0.2, 0.25) is 0 Å². The van der Waals surface area contributed by atoms with Crippen LogP contribution < -0.4 is 16.6 Å². The molecule has 0 spiro atoms. The second-order valence-corrected chi connectivity index (χ2v) is 6.21. The zero-order chi connectivity index (χ0) is 14.5. The second kappa shape index (κ2) is 6.94. The van der Waals surface area contributed by atoms with Gasteiger partial charge in [0.25, 0.3) is 0 Å². The molecule has 4 nitrogen and oxygen atoms in total. The number of nitrogens with one attached hydrogen (secondary N) is 2. The van der Waals surface area contributed by atoms with Crippen molar-refractivity contribution in [2.45, 2.75) is 63.5 Å². The van der Waals surface area contributed by atoms with Crippen molar-refractivity contribution < 1.29 is 0 Å². The highest BCUT2D eigenvalue weighted by Gasteiger charge is 2.20. The molecule has 0 bridgehead atoms. The number of hydrazine groups is 1. The molecule has 1 fully saturated rings. The molecule has 1 saturated carbocycles. The second-order valence-electron chi connectivity index (χ2n) is 6.21. The van der Waals surface area contributed by atoms with Gasteiger partial charge in [-0.1, -0.05) is 43.5 Å². The fourth-order valence-corrected chi connectivity index (χ4v) is 3.57. The summed E-state index contributed by atoms with van der Waals surface area (Å²) in [6, 6.07) is 9.41. The Morgan fingerprint density at radius 3 is 2.67 bits per heavy atom. The maximum Gasteiger partial charge on any atom is 0.206 e. The van der Waals surface area contributed by atoms with Crippen LogP contribution in [0.4, 0.5) is 0 Å². The Balaban J connectivity index is 1.73. The van der Waals surface area contributed by atoms with Gasteiger partial charge in [0.05, 0.1) is 6.04 Å². The average molecular weight is 286 g/mol. The molecule has 0 aromatic heterocycles. The van der Waals surface area contributed by atoms with Crippen LogP contribution >= 0.6 is 0 Å². The molecule has 114 valence electrons. The summed E-state index contributed by atoms with van der Waals surface area (Å²) in [7, 11) is 0. The van der Waals surface area contributed by atoms with E-state index in [1.807, 2.05) is 0 Å². The van der Waals surface area contributed by atoms with Gasteiger partial charge in [0.1, 0.15) is 0 Å². The van der Waals surface area contributed by atoms with Crippen LogP contribution in [0, 0.1) is 0 Å². The van der Waals surface area contributed by atoms with Gasteiger partial charge in [-0.05, 0) is 43.2 Å². The third-order valence-corrected chi connectivity index (χ3v) is 4.71. The number of hydrogen-bond acceptors (Lipinski definition) is 2. The molecule has 0 saturated heterocycles. The first-order valence-corrected chi connectivity index (χ1v) is 8.25. The van der Waals surface area contributed by atoms with E-state index in [-0.39, 0.29) is 6.04 Å². The van der Waals surface area contributed by atoms with E-state index in [9.17, 15) is 0 Å². The summed E-state index contributed by atoms with van der Waals surface area (Å²) < 4.78 is 0. The summed E-state index contributed by atoms with van der Waals surface area (Å²) in [6.45, 7) is 0. The summed E-state index contributed by atoms with van der Waals surface area (Å²) in [6.07, 6.45) is 9.90. The van der Waals surface area contributed by atoms with E-state index in [0.717, 1.165) is 12.4 Å². The SMILES string of the molecule is NNC(=NC1CCCc2ccccc21)NC1CCCCC1. The minimum absolute atomic E-state index is 0.233. The van der Waals surface area contributed by atoms with Crippen LogP contribution in [0.15, 0.2) is 29.3 Å². The number of guanidine groups is 1.